The summed E-state index contributed by atoms with van der Waals surface area (Å²) in [5.74, 6) is -3.61. The van der Waals surface area contributed by atoms with E-state index in [-0.39, 0.29) is 30.0 Å². The number of rotatable bonds is 4. The summed E-state index contributed by atoms with van der Waals surface area (Å²) in [4.78, 5) is 27.2. The van der Waals surface area contributed by atoms with Crippen LogP contribution in [0, 0.1) is 21.0 Å². The number of carboxylic acid groups (broad SMARTS) is 1. The summed E-state index contributed by atoms with van der Waals surface area (Å²) in [6, 6.07) is 5.46. The second kappa shape index (κ2) is 8.56. The Morgan fingerprint density at radius 3 is 2.23 bits per heavy atom. The van der Waals surface area contributed by atoms with Gasteiger partial charge in [0, 0.05) is 28.3 Å². The molecule has 2 aromatic carbocycles. The highest BCUT2D eigenvalue weighted by molar-refractivity contribution is 14.1. The molecule has 2 aromatic rings. The van der Waals surface area contributed by atoms with Crippen molar-refractivity contribution in [2.75, 3.05) is 18.4 Å². The molecule has 0 spiro atoms. The third-order valence-corrected chi connectivity index (χ3v) is 5.61. The monoisotopic (exact) mass is 547 g/mol. The third-order valence-electron chi connectivity index (χ3n) is 4.93. The molecule has 0 aliphatic carbocycles. The summed E-state index contributed by atoms with van der Waals surface area (Å²) in [5.41, 5.74) is -0.916. The number of carbonyl (C=O) groups is 2. The van der Waals surface area contributed by atoms with E-state index in [9.17, 15) is 27.9 Å². The number of hydrogen-bond donors (Lipinski definition) is 2. The lowest BCUT2D eigenvalue weighted by molar-refractivity contribution is -0.00106. The molecule has 2 N–H and O–H groups in total. The second-order valence-corrected chi connectivity index (χ2v) is 9.49. The van der Waals surface area contributed by atoms with Crippen LogP contribution in [0.1, 0.15) is 31.1 Å². The first-order valence-corrected chi connectivity index (χ1v) is 10.5. The lowest BCUT2D eigenvalue weighted by Crippen LogP contribution is -2.66. The van der Waals surface area contributed by atoms with Gasteiger partial charge in [0.2, 0.25) is 0 Å². The molecule has 0 aromatic heterocycles. The maximum Gasteiger partial charge on any atom is 0.408 e. The van der Waals surface area contributed by atoms with Crippen molar-refractivity contribution in [2.45, 2.75) is 32.4 Å². The number of anilines is 2. The minimum Gasteiger partial charge on any atom is -0.465 e. The van der Waals surface area contributed by atoms with Gasteiger partial charge in [-0.25, -0.2) is 18.0 Å². The van der Waals surface area contributed by atoms with E-state index in [1.807, 2.05) is 22.6 Å². The van der Waals surface area contributed by atoms with E-state index in [0.29, 0.717) is 3.57 Å². The average Bonchev–Trinajstić information content (AvgIpc) is 2.60. The molecule has 6 nitrogen and oxygen atoms in total. The zero-order valence-electron chi connectivity index (χ0n) is 17.0. The van der Waals surface area contributed by atoms with Gasteiger partial charge in [-0.3, -0.25) is 9.69 Å². The maximum absolute atomic E-state index is 14.2. The van der Waals surface area contributed by atoms with Gasteiger partial charge in [0.15, 0.2) is 11.6 Å². The largest absolute Gasteiger partial charge is 0.465 e. The molecule has 1 aliphatic heterocycles. The number of halogens is 4. The zero-order chi connectivity index (χ0) is 23.1. The summed E-state index contributed by atoms with van der Waals surface area (Å²) < 4.78 is 42.6. The van der Waals surface area contributed by atoms with Crippen molar-refractivity contribution in [1.82, 2.24) is 9.80 Å². The van der Waals surface area contributed by atoms with Gasteiger partial charge in [0.25, 0.3) is 5.91 Å². The molecule has 0 atom stereocenters. The topological polar surface area (TPSA) is 72.9 Å². The third kappa shape index (κ3) is 4.89. The van der Waals surface area contributed by atoms with Crippen molar-refractivity contribution >= 4 is 46.0 Å². The Morgan fingerprint density at radius 1 is 1.06 bits per heavy atom. The maximum atomic E-state index is 14.2. The second-order valence-electron chi connectivity index (χ2n) is 8.25. The fraction of sp³-hybridized carbons (Fsp3) is 0.333. The van der Waals surface area contributed by atoms with Gasteiger partial charge < -0.3 is 15.3 Å². The van der Waals surface area contributed by atoms with Crippen molar-refractivity contribution in [3.63, 3.8) is 0 Å². The van der Waals surface area contributed by atoms with E-state index in [1.54, 1.807) is 26.8 Å². The Kier molecular flexibility index (Phi) is 6.40. The van der Waals surface area contributed by atoms with Gasteiger partial charge in [-0.15, -0.1) is 0 Å². The van der Waals surface area contributed by atoms with Gasteiger partial charge >= 0.3 is 6.09 Å². The van der Waals surface area contributed by atoms with Gasteiger partial charge in [-0.05, 0) is 67.6 Å². The van der Waals surface area contributed by atoms with E-state index in [0.717, 1.165) is 12.1 Å². The average molecular weight is 547 g/mol. The molecule has 3 rings (SSSR count). The van der Waals surface area contributed by atoms with Crippen LogP contribution >= 0.6 is 22.6 Å². The van der Waals surface area contributed by atoms with E-state index in [2.05, 4.69) is 5.32 Å². The highest BCUT2D eigenvalue weighted by Gasteiger charge is 2.42. The van der Waals surface area contributed by atoms with Crippen molar-refractivity contribution in [1.29, 1.82) is 0 Å². The Bertz CT molecular complexity index is 1040. The first-order chi connectivity index (χ1) is 14.4. The standard InChI is InChI=1S/C21H21F3IN3O3/c1-21(2,3)28(20(30)31)12-9-27(10-12)19(29)13-7-14(22)15(23)8-18(13)26-17-5-4-11(25)6-16(17)24/h4-8,12,26H,9-10H2,1-3H3,(H,30,31). The molecular formula is C21H21F3IN3O3. The number of nitrogens with zero attached hydrogens (tertiary/aromatic N) is 2. The van der Waals surface area contributed by atoms with Crippen LogP contribution in [0.4, 0.5) is 29.3 Å². The van der Waals surface area contributed by atoms with Gasteiger partial charge in [0.1, 0.15) is 5.82 Å². The highest BCUT2D eigenvalue weighted by atomic mass is 127. The predicted octanol–water partition coefficient (Wildman–Crippen LogP) is 5.06. The van der Waals surface area contributed by atoms with Crippen molar-refractivity contribution in [3.8, 4) is 0 Å². The summed E-state index contributed by atoms with van der Waals surface area (Å²) in [7, 11) is 0. The van der Waals surface area contributed by atoms with Crippen molar-refractivity contribution in [3.05, 3.63) is 56.9 Å². The first-order valence-electron chi connectivity index (χ1n) is 9.41. The molecule has 1 saturated heterocycles. The van der Waals surface area contributed by atoms with Crippen LogP contribution in [0.15, 0.2) is 30.3 Å². The van der Waals surface area contributed by atoms with Gasteiger partial charge in [-0.2, -0.15) is 0 Å². The molecule has 1 heterocycles. The lowest BCUT2D eigenvalue weighted by Gasteiger charge is -2.49. The van der Waals surface area contributed by atoms with E-state index in [4.69, 9.17) is 0 Å². The Balaban J connectivity index is 1.85. The molecule has 0 unspecified atom stereocenters. The Hall–Kier alpha value is -2.50. The lowest BCUT2D eigenvalue weighted by atomic mass is 9.98. The normalized spacial score (nSPS) is 14.2. The van der Waals surface area contributed by atoms with Crippen molar-refractivity contribution < 1.29 is 27.9 Å². The molecule has 166 valence electrons. The van der Waals surface area contributed by atoms with Crippen LogP contribution in [0.2, 0.25) is 0 Å². The SMILES string of the molecule is CC(C)(C)N(C(=O)O)C1CN(C(=O)c2cc(F)c(F)cc2Nc2ccc(I)cc2F)C1. The number of carbonyl (C=O) groups excluding carboxylic acids is 1. The Labute approximate surface area is 191 Å². The van der Waals surface area contributed by atoms with Gasteiger partial charge in [-0.1, -0.05) is 0 Å². The highest BCUT2D eigenvalue weighted by Crippen LogP contribution is 2.30. The van der Waals surface area contributed by atoms with Crippen LogP contribution in [0.5, 0.6) is 0 Å². The van der Waals surface area contributed by atoms with Gasteiger partial charge in [0.05, 0.1) is 23.0 Å². The van der Waals surface area contributed by atoms with Crippen LogP contribution in [0.3, 0.4) is 0 Å². The van der Waals surface area contributed by atoms with E-state index in [1.165, 1.54) is 21.9 Å². The smallest absolute Gasteiger partial charge is 0.408 e. The Morgan fingerprint density at radius 2 is 1.68 bits per heavy atom. The molecule has 0 saturated carbocycles. The number of hydrogen-bond acceptors (Lipinski definition) is 3. The predicted molar refractivity (Wildman–Crippen MR) is 118 cm³/mol. The molecular weight excluding hydrogens is 526 g/mol. The number of amides is 2. The van der Waals surface area contributed by atoms with Crippen molar-refractivity contribution in [2.24, 2.45) is 0 Å². The van der Waals surface area contributed by atoms with Crippen LogP contribution in [-0.4, -0.2) is 51.6 Å². The molecule has 0 radical (unpaired) electrons. The summed E-state index contributed by atoms with van der Waals surface area (Å²) in [5, 5.41) is 12.2. The molecule has 2 amide bonds. The van der Waals surface area contributed by atoms with E-state index < -0.39 is 41.0 Å². The minimum atomic E-state index is -1.21. The molecule has 10 heteroatoms. The number of nitrogens with one attached hydrogen (secondary N) is 1. The molecule has 31 heavy (non-hydrogen) atoms. The minimum absolute atomic E-state index is 0.00625. The fourth-order valence-corrected chi connectivity index (χ4v) is 3.96. The van der Waals surface area contributed by atoms with Crippen LogP contribution in [-0.2, 0) is 0 Å². The first kappa shape index (κ1) is 23.2. The molecule has 1 aliphatic rings. The fourth-order valence-electron chi connectivity index (χ4n) is 3.51. The number of likely N-dealkylation sites (tertiary alicyclic amines) is 1. The summed E-state index contributed by atoms with van der Waals surface area (Å²) >= 11 is 1.93. The molecule has 0 bridgehead atoms. The zero-order valence-corrected chi connectivity index (χ0v) is 19.2. The number of benzene rings is 2. The quantitative estimate of drug-likeness (QED) is 0.526. The van der Waals surface area contributed by atoms with Crippen LogP contribution < -0.4 is 5.32 Å². The van der Waals surface area contributed by atoms with Crippen LogP contribution in [0.25, 0.3) is 0 Å². The molecule has 1 fully saturated rings. The summed E-state index contributed by atoms with van der Waals surface area (Å²) in [6.45, 7) is 5.47. The van der Waals surface area contributed by atoms with E-state index >= 15 is 0 Å². The summed E-state index contributed by atoms with van der Waals surface area (Å²) in [6.07, 6.45) is -1.10.